The van der Waals surface area contributed by atoms with Crippen molar-refractivity contribution >= 4 is 11.6 Å². The highest BCUT2D eigenvalue weighted by Gasteiger charge is 2.32. The van der Waals surface area contributed by atoms with Crippen molar-refractivity contribution in [2.75, 3.05) is 18.4 Å². The summed E-state index contributed by atoms with van der Waals surface area (Å²) in [6.45, 7) is 4.19. The summed E-state index contributed by atoms with van der Waals surface area (Å²) in [4.78, 5) is 12.0. The molecule has 18 heavy (non-hydrogen) atoms. The molecule has 0 radical (unpaired) electrons. The molecule has 5 nitrogen and oxygen atoms in total. The number of hydrogen-bond acceptors (Lipinski definition) is 3. The number of amides is 1. The highest BCUT2D eigenvalue weighted by Crippen LogP contribution is 2.34. The van der Waals surface area contributed by atoms with Crippen LogP contribution in [0.25, 0.3) is 0 Å². The Bertz CT molecular complexity index is 430. The number of carbonyl (C=O) groups is 1. The number of H-pyrrole nitrogens is 1. The van der Waals surface area contributed by atoms with Crippen molar-refractivity contribution in [3.8, 4) is 0 Å². The smallest absolute Gasteiger partial charge is 0.227 e. The summed E-state index contributed by atoms with van der Waals surface area (Å²) < 4.78 is 0. The topological polar surface area (TPSA) is 69.8 Å². The molecule has 1 aliphatic carbocycles. The Labute approximate surface area is 107 Å². The van der Waals surface area contributed by atoms with E-state index in [9.17, 15) is 4.79 Å². The largest absolute Gasteiger partial charge is 0.323 e. The average Bonchev–Trinajstić information content (AvgIpc) is 2.93. The summed E-state index contributed by atoms with van der Waals surface area (Å²) in [5, 5.41) is 13.5. The lowest BCUT2D eigenvalue weighted by Crippen LogP contribution is -2.33. The fourth-order valence-corrected chi connectivity index (χ4v) is 2.96. The minimum atomic E-state index is 0.154. The molecule has 2 heterocycles. The van der Waals surface area contributed by atoms with Crippen molar-refractivity contribution in [3.63, 3.8) is 0 Å². The molecule has 5 heteroatoms. The second-order valence-electron chi connectivity index (χ2n) is 5.65. The summed E-state index contributed by atoms with van der Waals surface area (Å²) in [6.07, 6.45) is 4.87. The summed E-state index contributed by atoms with van der Waals surface area (Å²) in [7, 11) is 0. The molecule has 1 aliphatic heterocycles. The minimum absolute atomic E-state index is 0.154. The molecule has 2 fully saturated rings. The van der Waals surface area contributed by atoms with Gasteiger partial charge in [0.2, 0.25) is 5.91 Å². The number of anilines is 1. The van der Waals surface area contributed by atoms with Crippen molar-refractivity contribution in [2.45, 2.75) is 32.1 Å². The summed E-state index contributed by atoms with van der Waals surface area (Å²) >= 11 is 0. The molecule has 0 bridgehead atoms. The maximum Gasteiger partial charge on any atom is 0.227 e. The van der Waals surface area contributed by atoms with Gasteiger partial charge in [-0.3, -0.25) is 9.89 Å². The van der Waals surface area contributed by atoms with Crippen LogP contribution in [0.15, 0.2) is 6.20 Å². The number of hydrogen-bond donors (Lipinski definition) is 3. The van der Waals surface area contributed by atoms with E-state index >= 15 is 0 Å². The lowest BCUT2D eigenvalue weighted by Gasteiger charge is -2.31. The van der Waals surface area contributed by atoms with Gasteiger partial charge >= 0.3 is 0 Å². The second-order valence-corrected chi connectivity index (χ2v) is 5.65. The fraction of sp³-hybridized carbons (Fsp3) is 0.692. The van der Waals surface area contributed by atoms with E-state index in [1.807, 2.05) is 0 Å². The zero-order valence-electron chi connectivity index (χ0n) is 10.7. The molecule has 2 aliphatic rings. The van der Waals surface area contributed by atoms with Crippen LogP contribution in [0.5, 0.6) is 0 Å². The van der Waals surface area contributed by atoms with Crippen LogP contribution >= 0.6 is 0 Å². The Morgan fingerprint density at radius 2 is 2.33 bits per heavy atom. The lowest BCUT2D eigenvalue weighted by atomic mass is 9.75. The number of rotatable bonds is 3. The molecule has 1 aromatic rings. The molecule has 1 atom stereocenters. The Morgan fingerprint density at radius 1 is 1.50 bits per heavy atom. The predicted molar refractivity (Wildman–Crippen MR) is 69.3 cm³/mol. The molecule has 0 spiro atoms. The van der Waals surface area contributed by atoms with E-state index in [-0.39, 0.29) is 11.8 Å². The van der Waals surface area contributed by atoms with Crippen LogP contribution in [0, 0.1) is 11.8 Å². The highest BCUT2D eigenvalue weighted by atomic mass is 16.1. The average molecular weight is 248 g/mol. The van der Waals surface area contributed by atoms with E-state index < -0.39 is 0 Å². The van der Waals surface area contributed by atoms with Crippen LogP contribution in [0.1, 0.15) is 37.8 Å². The molecular formula is C13H20N4O. The van der Waals surface area contributed by atoms with Gasteiger partial charge in [-0.2, -0.15) is 5.10 Å². The van der Waals surface area contributed by atoms with Crippen LogP contribution in [0.3, 0.4) is 0 Å². The Balaban J connectivity index is 1.65. The van der Waals surface area contributed by atoms with E-state index in [2.05, 4.69) is 27.8 Å². The van der Waals surface area contributed by atoms with Crippen molar-refractivity contribution in [1.29, 1.82) is 0 Å². The molecule has 3 rings (SSSR count). The fourth-order valence-electron chi connectivity index (χ4n) is 2.96. The second kappa shape index (κ2) is 4.72. The maximum absolute atomic E-state index is 12.0. The van der Waals surface area contributed by atoms with Crippen LogP contribution in [-0.4, -0.2) is 29.2 Å². The van der Waals surface area contributed by atoms with Crippen molar-refractivity contribution < 1.29 is 4.79 Å². The molecular weight excluding hydrogens is 228 g/mol. The Morgan fingerprint density at radius 3 is 3.00 bits per heavy atom. The molecule has 1 aromatic heterocycles. The monoisotopic (exact) mass is 248 g/mol. The summed E-state index contributed by atoms with van der Waals surface area (Å²) in [6, 6.07) is 0. The highest BCUT2D eigenvalue weighted by molar-refractivity contribution is 5.93. The molecule has 0 aromatic carbocycles. The van der Waals surface area contributed by atoms with Gasteiger partial charge in [0.05, 0.1) is 17.6 Å². The normalized spacial score (nSPS) is 31.1. The number of carbonyl (C=O) groups excluding carboxylic acids is 1. The van der Waals surface area contributed by atoms with E-state index in [4.69, 9.17) is 0 Å². The van der Waals surface area contributed by atoms with Crippen LogP contribution < -0.4 is 10.6 Å². The van der Waals surface area contributed by atoms with Gasteiger partial charge < -0.3 is 10.6 Å². The molecule has 1 amide bonds. The molecule has 98 valence electrons. The van der Waals surface area contributed by atoms with E-state index in [0.717, 1.165) is 43.7 Å². The first-order chi connectivity index (χ1) is 8.74. The summed E-state index contributed by atoms with van der Waals surface area (Å²) in [5.74, 6) is 1.50. The van der Waals surface area contributed by atoms with Gasteiger partial charge in [-0.25, -0.2) is 0 Å². The summed E-state index contributed by atoms with van der Waals surface area (Å²) in [5.41, 5.74) is 1.94. The van der Waals surface area contributed by atoms with Gasteiger partial charge in [0.1, 0.15) is 0 Å². The third-order valence-corrected chi connectivity index (χ3v) is 4.14. The number of nitrogens with one attached hydrogen (secondary N) is 3. The van der Waals surface area contributed by atoms with E-state index in [1.165, 1.54) is 0 Å². The molecule has 1 saturated carbocycles. The number of aromatic nitrogens is 2. The molecule has 3 N–H and O–H groups in total. The van der Waals surface area contributed by atoms with Crippen LogP contribution in [0.2, 0.25) is 0 Å². The first kappa shape index (κ1) is 11.7. The van der Waals surface area contributed by atoms with Gasteiger partial charge in [-0.05, 0) is 31.7 Å². The first-order valence-corrected chi connectivity index (χ1v) is 6.79. The van der Waals surface area contributed by atoms with Gasteiger partial charge in [0.25, 0.3) is 0 Å². The van der Waals surface area contributed by atoms with Gasteiger partial charge in [0, 0.05) is 18.4 Å². The van der Waals surface area contributed by atoms with Crippen molar-refractivity contribution in [2.24, 2.45) is 11.8 Å². The molecule has 1 unspecified atom stereocenters. The van der Waals surface area contributed by atoms with Gasteiger partial charge in [-0.1, -0.05) is 6.92 Å². The lowest BCUT2D eigenvalue weighted by molar-refractivity contribution is -0.123. The van der Waals surface area contributed by atoms with E-state index in [1.54, 1.807) is 6.20 Å². The van der Waals surface area contributed by atoms with Gasteiger partial charge in [0.15, 0.2) is 0 Å². The van der Waals surface area contributed by atoms with E-state index in [0.29, 0.717) is 11.8 Å². The third kappa shape index (κ3) is 2.14. The first-order valence-electron chi connectivity index (χ1n) is 6.79. The Kier molecular flexibility index (Phi) is 3.07. The predicted octanol–water partition coefficient (Wildman–Crippen LogP) is 1.47. The maximum atomic E-state index is 12.0. The van der Waals surface area contributed by atoms with Crippen molar-refractivity contribution in [1.82, 2.24) is 15.5 Å². The van der Waals surface area contributed by atoms with Gasteiger partial charge in [-0.15, -0.1) is 0 Å². The number of aromatic amines is 1. The van der Waals surface area contributed by atoms with Crippen LogP contribution in [-0.2, 0) is 4.79 Å². The molecule has 1 saturated heterocycles. The zero-order valence-corrected chi connectivity index (χ0v) is 10.7. The quantitative estimate of drug-likeness (QED) is 0.758. The van der Waals surface area contributed by atoms with Crippen molar-refractivity contribution in [3.05, 3.63) is 11.9 Å². The standard InChI is InChI=1S/C13H20N4O/c1-8-4-10(5-8)13(18)16-11-7-15-17-12(11)9-2-3-14-6-9/h7-10,14H,2-6H2,1H3,(H,15,17)(H,16,18). The number of nitrogens with zero attached hydrogens (tertiary/aromatic N) is 1. The minimum Gasteiger partial charge on any atom is -0.323 e. The Hall–Kier alpha value is -1.36. The SMILES string of the molecule is CC1CC(C(=O)Nc2cn[nH]c2C2CCNC2)C1. The zero-order chi connectivity index (χ0) is 12.5. The third-order valence-electron chi connectivity index (χ3n) is 4.14. The van der Waals surface area contributed by atoms with Crippen LogP contribution in [0.4, 0.5) is 5.69 Å².